The number of para-hydroxylation sites is 1. The highest BCUT2D eigenvalue weighted by Crippen LogP contribution is 2.39. The van der Waals surface area contributed by atoms with Crippen LogP contribution in [0.5, 0.6) is 5.75 Å². The van der Waals surface area contributed by atoms with Gasteiger partial charge in [0.15, 0.2) is 6.61 Å². The maximum atomic E-state index is 14.5. The smallest absolute Gasteiger partial charge is 0.344 e. The number of urea groups is 1. The molecule has 3 aromatic rings. The lowest BCUT2D eigenvalue weighted by atomic mass is 9.93. The first-order valence-corrected chi connectivity index (χ1v) is 15.2. The number of unbranched alkanes of at least 4 members (excludes halogenated alkanes) is 2. The third-order valence-electron chi connectivity index (χ3n) is 6.62. The molecule has 1 aliphatic heterocycles. The lowest BCUT2D eigenvalue weighted by molar-refractivity contribution is -0.146. The van der Waals surface area contributed by atoms with Crippen molar-refractivity contribution in [1.29, 1.82) is 0 Å². The van der Waals surface area contributed by atoms with E-state index in [2.05, 4.69) is 20.2 Å². The van der Waals surface area contributed by atoms with Gasteiger partial charge in [-0.1, -0.05) is 54.1 Å². The van der Waals surface area contributed by atoms with Crippen molar-refractivity contribution in [1.82, 2.24) is 9.59 Å². The van der Waals surface area contributed by atoms with E-state index in [1.165, 1.54) is 12.3 Å². The Balaban J connectivity index is 0.000000246. The first-order valence-electron chi connectivity index (χ1n) is 14.1. The summed E-state index contributed by atoms with van der Waals surface area (Å²) in [5, 5.41) is 9.45. The predicted molar refractivity (Wildman–Crippen MR) is 164 cm³/mol. The van der Waals surface area contributed by atoms with E-state index >= 15 is 0 Å². The molecule has 0 spiro atoms. The fourth-order valence-electron chi connectivity index (χ4n) is 4.49. The molecule has 1 aliphatic carbocycles. The number of aromatic nitrogens is 2. The van der Waals surface area contributed by atoms with Crippen LogP contribution in [0.25, 0.3) is 0 Å². The standard InChI is InChI=1S/C21H23ClFNO5.C9H8N4OS/c1-2-3-6-9-28-19(25)12-29-18-11-17(16(23)10-15(18)22)24-20(26)13-7-4-5-8-14(13)21(24)27;14-9(12-8-6-10-13-15-8)11-7-4-2-1-3-5-7/h10-11H,2-9,12H2,1H3;1-6H,(H2,11,12,14). The minimum Gasteiger partial charge on any atom is -0.480 e. The minimum absolute atomic E-state index is 0.000883. The summed E-state index contributed by atoms with van der Waals surface area (Å²) in [5.74, 6) is -2.40. The molecule has 0 unspecified atom stereocenters. The van der Waals surface area contributed by atoms with Gasteiger partial charge in [0.1, 0.15) is 16.6 Å². The summed E-state index contributed by atoms with van der Waals surface area (Å²) >= 11 is 7.14. The molecule has 2 heterocycles. The molecule has 44 heavy (non-hydrogen) atoms. The Kier molecular flexibility index (Phi) is 11.8. The molecule has 0 saturated carbocycles. The largest absolute Gasteiger partial charge is 0.480 e. The van der Waals surface area contributed by atoms with Crippen LogP contribution >= 0.6 is 23.1 Å². The molecule has 232 valence electrons. The van der Waals surface area contributed by atoms with E-state index < -0.39 is 30.2 Å². The van der Waals surface area contributed by atoms with E-state index in [1.807, 2.05) is 37.3 Å². The lowest BCUT2D eigenvalue weighted by Crippen LogP contribution is -2.32. The quantitative estimate of drug-likeness (QED) is 0.145. The van der Waals surface area contributed by atoms with Crippen LogP contribution in [0.1, 0.15) is 51.9 Å². The molecule has 1 aromatic heterocycles. The number of ether oxygens (including phenoxy) is 2. The highest BCUT2D eigenvalue weighted by atomic mass is 35.5. The van der Waals surface area contributed by atoms with E-state index in [-0.39, 0.29) is 22.5 Å². The van der Waals surface area contributed by atoms with E-state index in [0.29, 0.717) is 35.6 Å². The number of amides is 4. The number of esters is 1. The van der Waals surface area contributed by atoms with Crippen molar-refractivity contribution in [3.05, 3.63) is 70.6 Å². The van der Waals surface area contributed by atoms with Crippen molar-refractivity contribution in [3.8, 4) is 5.75 Å². The zero-order valence-electron chi connectivity index (χ0n) is 23.9. The summed E-state index contributed by atoms with van der Waals surface area (Å²) in [6, 6.07) is 11.1. The van der Waals surface area contributed by atoms with Crippen LogP contribution in [0.15, 0.2) is 59.8 Å². The van der Waals surface area contributed by atoms with Crippen molar-refractivity contribution in [2.24, 2.45) is 0 Å². The topological polar surface area (TPSA) is 140 Å². The van der Waals surface area contributed by atoms with Gasteiger partial charge < -0.3 is 14.8 Å². The van der Waals surface area contributed by atoms with Crippen LogP contribution in [0, 0.1) is 5.82 Å². The van der Waals surface area contributed by atoms with Crippen LogP contribution in [-0.2, 0) is 19.1 Å². The van der Waals surface area contributed by atoms with E-state index in [4.69, 9.17) is 21.1 Å². The van der Waals surface area contributed by atoms with E-state index in [0.717, 1.165) is 60.3 Å². The Morgan fingerprint density at radius 3 is 2.39 bits per heavy atom. The van der Waals surface area contributed by atoms with Crippen molar-refractivity contribution >= 4 is 63.3 Å². The van der Waals surface area contributed by atoms with Crippen molar-refractivity contribution in [2.45, 2.75) is 51.9 Å². The normalized spacial score (nSPS) is 14.0. The summed E-state index contributed by atoms with van der Waals surface area (Å²) in [4.78, 5) is 49.4. The maximum Gasteiger partial charge on any atom is 0.344 e. The van der Waals surface area contributed by atoms with Crippen molar-refractivity contribution in [3.63, 3.8) is 0 Å². The number of hydrogen-bond donors (Lipinski definition) is 2. The third kappa shape index (κ3) is 8.60. The number of carbonyl (C=O) groups is 4. The zero-order chi connectivity index (χ0) is 31.5. The first-order chi connectivity index (χ1) is 21.3. The highest BCUT2D eigenvalue weighted by molar-refractivity contribution is 7.10. The minimum atomic E-state index is -0.814. The van der Waals surface area contributed by atoms with E-state index in [1.54, 1.807) is 0 Å². The monoisotopic (exact) mass is 643 g/mol. The number of anilines is 3. The Labute approximate surface area is 262 Å². The summed E-state index contributed by atoms with van der Waals surface area (Å²) in [5.41, 5.74) is 1.42. The van der Waals surface area contributed by atoms with Gasteiger partial charge in [-0.2, -0.15) is 0 Å². The molecule has 14 heteroatoms. The van der Waals surface area contributed by atoms with Gasteiger partial charge in [0.2, 0.25) is 0 Å². The number of carbonyl (C=O) groups excluding carboxylic acids is 4. The lowest BCUT2D eigenvalue weighted by Gasteiger charge is -2.18. The molecule has 5 rings (SSSR count). The molecule has 0 radical (unpaired) electrons. The Bertz CT molecular complexity index is 1490. The van der Waals surface area contributed by atoms with E-state index in [9.17, 15) is 23.6 Å². The van der Waals surface area contributed by atoms with Gasteiger partial charge in [-0.25, -0.2) is 18.9 Å². The van der Waals surface area contributed by atoms with Crippen LogP contribution in [0.4, 0.5) is 25.6 Å². The summed E-state index contributed by atoms with van der Waals surface area (Å²) in [6.07, 6.45) is 6.89. The molecule has 4 amide bonds. The molecule has 0 bridgehead atoms. The fraction of sp³-hybridized carbons (Fsp3) is 0.333. The molecule has 0 atom stereocenters. The Hall–Kier alpha value is -4.36. The summed E-state index contributed by atoms with van der Waals surface area (Å²) < 4.78 is 28.6. The molecular formula is C30H31ClFN5O6S. The molecule has 2 aliphatic rings. The average Bonchev–Trinajstić information content (AvgIpc) is 3.61. The number of benzene rings is 2. The molecule has 2 aromatic carbocycles. The second-order valence-corrected chi connectivity index (χ2v) is 11.0. The van der Waals surface area contributed by atoms with Gasteiger partial charge >= 0.3 is 12.0 Å². The van der Waals surface area contributed by atoms with Gasteiger partial charge in [-0.3, -0.25) is 14.9 Å². The van der Waals surface area contributed by atoms with Gasteiger partial charge in [-0.15, -0.1) is 5.10 Å². The van der Waals surface area contributed by atoms with Crippen molar-refractivity contribution in [2.75, 3.05) is 28.7 Å². The Morgan fingerprint density at radius 1 is 1.05 bits per heavy atom. The highest BCUT2D eigenvalue weighted by Gasteiger charge is 2.41. The maximum absolute atomic E-state index is 14.5. The van der Waals surface area contributed by atoms with Crippen LogP contribution in [-0.4, -0.2) is 46.6 Å². The molecule has 0 saturated heterocycles. The number of rotatable bonds is 10. The van der Waals surface area contributed by atoms with Gasteiger partial charge in [0.05, 0.1) is 23.5 Å². The molecule has 2 N–H and O–H groups in total. The van der Waals surface area contributed by atoms with Gasteiger partial charge in [-0.05, 0) is 50.3 Å². The number of imide groups is 1. The van der Waals surface area contributed by atoms with Gasteiger partial charge in [0, 0.05) is 34.4 Å². The van der Waals surface area contributed by atoms with Crippen molar-refractivity contribution < 1.29 is 33.0 Å². The second-order valence-electron chi connectivity index (χ2n) is 9.79. The molecule has 0 fully saturated rings. The van der Waals surface area contributed by atoms with Crippen LogP contribution in [0.2, 0.25) is 5.02 Å². The first kappa shape index (κ1) is 32.6. The second kappa shape index (κ2) is 15.9. The third-order valence-corrected chi connectivity index (χ3v) is 7.49. The zero-order valence-corrected chi connectivity index (χ0v) is 25.5. The SMILES string of the molecule is CCCCCOC(=O)COc1cc(N2C(=O)C3=C(CCCC3)C2=O)c(F)cc1Cl.O=C(Nc1ccccc1)Nc1cnns1. The fourth-order valence-corrected chi connectivity index (χ4v) is 5.11. The number of halogens is 2. The molecule has 11 nitrogen and oxygen atoms in total. The molecular weight excluding hydrogens is 613 g/mol. The number of nitrogens with zero attached hydrogens (tertiary/aromatic N) is 3. The van der Waals surface area contributed by atoms with Crippen LogP contribution < -0.4 is 20.3 Å². The summed E-state index contributed by atoms with van der Waals surface area (Å²) in [7, 11) is 0. The van der Waals surface area contributed by atoms with Crippen LogP contribution in [0.3, 0.4) is 0 Å². The summed E-state index contributed by atoms with van der Waals surface area (Å²) in [6.45, 7) is 1.93. The number of nitrogens with one attached hydrogen (secondary N) is 2. The average molecular weight is 644 g/mol. The number of hydrogen-bond acceptors (Lipinski definition) is 9. The predicted octanol–water partition coefficient (Wildman–Crippen LogP) is 6.52. The Morgan fingerprint density at radius 2 is 1.75 bits per heavy atom. The van der Waals surface area contributed by atoms with Gasteiger partial charge in [0.25, 0.3) is 11.8 Å².